The van der Waals surface area contributed by atoms with Gasteiger partial charge in [0.15, 0.2) is 17.3 Å². The molecule has 0 bridgehead atoms. The van der Waals surface area contributed by atoms with Gasteiger partial charge in [0, 0.05) is 11.3 Å². The predicted octanol–water partition coefficient (Wildman–Crippen LogP) is 1.45. The molecule has 0 saturated carbocycles. The lowest BCUT2D eigenvalue weighted by atomic mass is 10.2. The standard InChI is InChI=1S/C15H13F2N3O3/c16-9-4-2-6-11(13(9)17)20-10-5-1-3-8(10)14(19-20)15(23)18-7-12(21)22/h2,4,6H,1,3,5,7H2,(H,18,23)(H,21,22). The summed E-state index contributed by atoms with van der Waals surface area (Å²) in [7, 11) is 0. The highest BCUT2D eigenvalue weighted by Crippen LogP contribution is 2.29. The van der Waals surface area contributed by atoms with Crippen LogP contribution in [0.3, 0.4) is 0 Å². The molecule has 1 aliphatic carbocycles. The number of rotatable bonds is 4. The van der Waals surface area contributed by atoms with Crippen molar-refractivity contribution in [3.8, 4) is 5.69 Å². The number of carboxylic acids is 1. The smallest absolute Gasteiger partial charge is 0.322 e. The summed E-state index contributed by atoms with van der Waals surface area (Å²) in [5, 5.41) is 14.9. The Labute approximate surface area is 129 Å². The highest BCUT2D eigenvalue weighted by atomic mass is 19.2. The summed E-state index contributed by atoms with van der Waals surface area (Å²) in [6, 6.07) is 3.74. The number of nitrogens with zero attached hydrogens (tertiary/aromatic N) is 2. The third kappa shape index (κ3) is 2.67. The lowest BCUT2D eigenvalue weighted by Crippen LogP contribution is -2.30. The van der Waals surface area contributed by atoms with Crippen LogP contribution >= 0.6 is 0 Å². The van der Waals surface area contributed by atoms with Crippen molar-refractivity contribution < 1.29 is 23.5 Å². The van der Waals surface area contributed by atoms with Crippen molar-refractivity contribution in [1.82, 2.24) is 15.1 Å². The van der Waals surface area contributed by atoms with E-state index in [0.717, 1.165) is 12.5 Å². The topological polar surface area (TPSA) is 84.2 Å². The number of amides is 1. The van der Waals surface area contributed by atoms with Crippen molar-refractivity contribution in [3.63, 3.8) is 0 Å². The Morgan fingerprint density at radius 3 is 2.83 bits per heavy atom. The van der Waals surface area contributed by atoms with Crippen LogP contribution in [0.5, 0.6) is 0 Å². The fraction of sp³-hybridized carbons (Fsp3) is 0.267. The van der Waals surface area contributed by atoms with E-state index in [1.807, 2.05) is 0 Å². The van der Waals surface area contributed by atoms with Gasteiger partial charge >= 0.3 is 5.97 Å². The van der Waals surface area contributed by atoms with Gasteiger partial charge in [0.1, 0.15) is 12.2 Å². The predicted molar refractivity (Wildman–Crippen MR) is 75.5 cm³/mol. The van der Waals surface area contributed by atoms with Gasteiger partial charge in [0.2, 0.25) is 0 Å². The van der Waals surface area contributed by atoms with Crippen molar-refractivity contribution in [2.75, 3.05) is 6.54 Å². The van der Waals surface area contributed by atoms with Gasteiger partial charge in [-0.05, 0) is 31.4 Å². The Balaban J connectivity index is 2.03. The maximum atomic E-state index is 14.0. The molecular weight excluding hydrogens is 308 g/mol. The third-order valence-corrected chi connectivity index (χ3v) is 3.70. The minimum atomic E-state index is -1.18. The lowest BCUT2D eigenvalue weighted by Gasteiger charge is -2.07. The summed E-state index contributed by atoms with van der Waals surface area (Å²) < 4.78 is 28.7. The van der Waals surface area contributed by atoms with Gasteiger partial charge in [-0.25, -0.2) is 13.5 Å². The summed E-state index contributed by atoms with van der Waals surface area (Å²) in [4.78, 5) is 22.6. The number of carbonyl (C=O) groups excluding carboxylic acids is 1. The molecule has 1 aromatic heterocycles. The Kier molecular flexibility index (Phi) is 3.81. The maximum absolute atomic E-state index is 14.0. The Bertz CT molecular complexity index is 802. The molecule has 23 heavy (non-hydrogen) atoms. The Morgan fingerprint density at radius 1 is 1.30 bits per heavy atom. The zero-order valence-corrected chi connectivity index (χ0v) is 12.0. The van der Waals surface area contributed by atoms with E-state index in [2.05, 4.69) is 10.4 Å². The second kappa shape index (κ2) is 5.79. The van der Waals surface area contributed by atoms with Crippen molar-refractivity contribution >= 4 is 11.9 Å². The van der Waals surface area contributed by atoms with E-state index >= 15 is 0 Å². The molecule has 0 radical (unpaired) electrons. The van der Waals surface area contributed by atoms with Crippen LogP contribution in [0.2, 0.25) is 0 Å². The van der Waals surface area contributed by atoms with Crippen LogP contribution in [0.25, 0.3) is 5.69 Å². The zero-order valence-electron chi connectivity index (χ0n) is 12.0. The normalized spacial score (nSPS) is 13.0. The maximum Gasteiger partial charge on any atom is 0.322 e. The van der Waals surface area contributed by atoms with Crippen molar-refractivity contribution in [1.29, 1.82) is 0 Å². The van der Waals surface area contributed by atoms with Gasteiger partial charge in [-0.1, -0.05) is 6.07 Å². The van der Waals surface area contributed by atoms with Crippen LogP contribution in [-0.4, -0.2) is 33.3 Å². The third-order valence-electron chi connectivity index (χ3n) is 3.70. The molecule has 8 heteroatoms. The number of hydrogen-bond donors (Lipinski definition) is 2. The molecule has 1 aromatic carbocycles. The van der Waals surface area contributed by atoms with Crippen LogP contribution in [0.15, 0.2) is 18.2 Å². The first-order valence-corrected chi connectivity index (χ1v) is 7.04. The zero-order chi connectivity index (χ0) is 16.6. The van der Waals surface area contributed by atoms with E-state index in [1.165, 1.54) is 16.8 Å². The van der Waals surface area contributed by atoms with Gasteiger partial charge in [-0.2, -0.15) is 5.10 Å². The van der Waals surface area contributed by atoms with Crippen molar-refractivity contribution in [2.45, 2.75) is 19.3 Å². The van der Waals surface area contributed by atoms with Gasteiger partial charge < -0.3 is 10.4 Å². The molecule has 0 atom stereocenters. The summed E-state index contributed by atoms with van der Waals surface area (Å²) in [6.07, 6.45) is 1.94. The minimum absolute atomic E-state index is 0.0578. The first-order valence-electron chi connectivity index (χ1n) is 7.04. The number of benzene rings is 1. The average molecular weight is 321 g/mol. The number of carboxylic acid groups (broad SMARTS) is 1. The molecule has 1 amide bonds. The summed E-state index contributed by atoms with van der Waals surface area (Å²) >= 11 is 0. The van der Waals surface area contributed by atoms with Crippen LogP contribution < -0.4 is 5.32 Å². The molecule has 0 spiro atoms. The second-order valence-electron chi connectivity index (χ2n) is 5.19. The first kappa shape index (κ1) is 15.1. The molecular formula is C15H13F2N3O3. The number of carbonyl (C=O) groups is 2. The summed E-state index contributed by atoms with van der Waals surface area (Å²) in [6.45, 7) is -0.533. The Morgan fingerprint density at radius 2 is 2.09 bits per heavy atom. The van der Waals surface area contributed by atoms with Crippen LogP contribution in [0.4, 0.5) is 8.78 Å². The van der Waals surface area contributed by atoms with E-state index in [9.17, 15) is 18.4 Å². The first-order chi connectivity index (χ1) is 11.0. The summed E-state index contributed by atoms with van der Waals surface area (Å²) in [5.41, 5.74) is 1.29. The number of aliphatic carboxylic acids is 1. The molecule has 1 aliphatic rings. The number of halogens is 2. The second-order valence-corrected chi connectivity index (χ2v) is 5.19. The molecule has 2 N–H and O–H groups in total. The van der Waals surface area contributed by atoms with Gasteiger partial charge in [0.25, 0.3) is 5.91 Å². The molecule has 2 aromatic rings. The monoisotopic (exact) mass is 321 g/mol. The minimum Gasteiger partial charge on any atom is -0.480 e. The largest absolute Gasteiger partial charge is 0.480 e. The SMILES string of the molecule is O=C(O)CNC(=O)c1nn(-c2cccc(F)c2F)c2c1CCC2. The van der Waals surface area contributed by atoms with E-state index in [0.29, 0.717) is 24.1 Å². The highest BCUT2D eigenvalue weighted by molar-refractivity contribution is 5.95. The molecule has 1 heterocycles. The molecule has 0 unspecified atom stereocenters. The quantitative estimate of drug-likeness (QED) is 0.893. The molecule has 0 fully saturated rings. The van der Waals surface area contributed by atoms with Crippen LogP contribution in [0, 0.1) is 11.6 Å². The lowest BCUT2D eigenvalue weighted by molar-refractivity contribution is -0.135. The number of nitrogens with one attached hydrogen (secondary N) is 1. The molecule has 6 nitrogen and oxygen atoms in total. The fourth-order valence-corrected chi connectivity index (χ4v) is 2.71. The Hall–Kier alpha value is -2.77. The van der Waals surface area contributed by atoms with E-state index in [1.54, 1.807) is 0 Å². The number of fused-ring (bicyclic) bond motifs is 1. The average Bonchev–Trinajstić information content (AvgIpc) is 3.10. The van der Waals surface area contributed by atoms with E-state index in [4.69, 9.17) is 5.11 Å². The van der Waals surface area contributed by atoms with Gasteiger partial charge in [-0.15, -0.1) is 0 Å². The summed E-state index contributed by atoms with van der Waals surface area (Å²) in [5.74, 6) is -3.85. The molecule has 0 aliphatic heterocycles. The molecule has 120 valence electrons. The van der Waals surface area contributed by atoms with Crippen molar-refractivity contribution in [2.24, 2.45) is 0 Å². The number of aromatic nitrogens is 2. The van der Waals surface area contributed by atoms with E-state index in [-0.39, 0.29) is 11.4 Å². The van der Waals surface area contributed by atoms with E-state index < -0.39 is 30.1 Å². The fourth-order valence-electron chi connectivity index (χ4n) is 2.71. The molecule has 0 saturated heterocycles. The van der Waals surface area contributed by atoms with Gasteiger partial charge in [0.05, 0.1) is 0 Å². The van der Waals surface area contributed by atoms with Crippen molar-refractivity contribution in [3.05, 3.63) is 46.8 Å². The van der Waals surface area contributed by atoms with Gasteiger partial charge in [-0.3, -0.25) is 9.59 Å². The highest BCUT2D eigenvalue weighted by Gasteiger charge is 2.28. The van der Waals surface area contributed by atoms with Crippen LogP contribution in [-0.2, 0) is 17.6 Å². The van der Waals surface area contributed by atoms with Crippen LogP contribution in [0.1, 0.15) is 28.2 Å². The molecule has 3 rings (SSSR count). The number of hydrogen-bond acceptors (Lipinski definition) is 3.